The second-order valence-corrected chi connectivity index (χ2v) is 4.53. The molecule has 2 unspecified atom stereocenters. The van der Waals surface area contributed by atoms with Crippen molar-refractivity contribution in [1.82, 2.24) is 10.2 Å². The molecule has 0 aromatic carbocycles. The summed E-state index contributed by atoms with van der Waals surface area (Å²) in [5.74, 6) is 0. The van der Waals surface area contributed by atoms with E-state index in [0.717, 1.165) is 39.3 Å². The normalized spacial score (nSPS) is 15.2. The third-order valence-electron chi connectivity index (χ3n) is 3.05. The van der Waals surface area contributed by atoms with Gasteiger partial charge < -0.3 is 14.8 Å². The van der Waals surface area contributed by atoms with Gasteiger partial charge in [-0.3, -0.25) is 4.90 Å². The minimum Gasteiger partial charge on any atom is -0.385 e. The van der Waals surface area contributed by atoms with Gasteiger partial charge in [0.05, 0.1) is 6.61 Å². The standard InChI is InChI=1S/C13H30N2O2/c1-6-15(13(3)11-17-5)12(2)10-14-8-7-9-16-4/h12-14H,6-11H2,1-5H3. The van der Waals surface area contributed by atoms with Crippen LogP contribution in [0.2, 0.25) is 0 Å². The summed E-state index contributed by atoms with van der Waals surface area (Å²) in [4.78, 5) is 2.47. The molecule has 0 saturated carbocycles. The molecule has 0 fully saturated rings. The molecule has 17 heavy (non-hydrogen) atoms. The predicted molar refractivity (Wildman–Crippen MR) is 72.5 cm³/mol. The minimum atomic E-state index is 0.473. The molecule has 0 saturated heterocycles. The van der Waals surface area contributed by atoms with E-state index in [1.807, 2.05) is 0 Å². The van der Waals surface area contributed by atoms with Crippen LogP contribution in [-0.2, 0) is 9.47 Å². The van der Waals surface area contributed by atoms with Crippen LogP contribution in [0.5, 0.6) is 0 Å². The number of nitrogens with one attached hydrogen (secondary N) is 1. The van der Waals surface area contributed by atoms with Crippen molar-refractivity contribution in [3.63, 3.8) is 0 Å². The van der Waals surface area contributed by atoms with Crippen molar-refractivity contribution in [2.75, 3.05) is 47.1 Å². The minimum absolute atomic E-state index is 0.473. The number of methoxy groups -OCH3 is 2. The molecule has 0 bridgehead atoms. The molecule has 2 atom stereocenters. The molecule has 4 heteroatoms. The number of hydrogen-bond acceptors (Lipinski definition) is 4. The van der Waals surface area contributed by atoms with Gasteiger partial charge in [0.15, 0.2) is 0 Å². The van der Waals surface area contributed by atoms with Crippen molar-refractivity contribution in [3.05, 3.63) is 0 Å². The van der Waals surface area contributed by atoms with Crippen LogP contribution in [0.4, 0.5) is 0 Å². The third kappa shape index (κ3) is 7.71. The monoisotopic (exact) mass is 246 g/mol. The summed E-state index contributed by atoms with van der Waals surface area (Å²) in [6.07, 6.45) is 1.07. The zero-order chi connectivity index (χ0) is 13.1. The first-order chi connectivity index (χ1) is 8.17. The van der Waals surface area contributed by atoms with E-state index in [9.17, 15) is 0 Å². The Hall–Kier alpha value is -0.160. The van der Waals surface area contributed by atoms with Crippen LogP contribution in [0, 0.1) is 0 Å². The van der Waals surface area contributed by atoms with Gasteiger partial charge in [0.2, 0.25) is 0 Å². The Kier molecular flexibility index (Phi) is 10.9. The van der Waals surface area contributed by atoms with Gasteiger partial charge in [-0.2, -0.15) is 0 Å². The molecule has 0 aliphatic rings. The number of nitrogens with zero attached hydrogens (tertiary/aromatic N) is 1. The first-order valence-corrected chi connectivity index (χ1v) is 6.61. The van der Waals surface area contributed by atoms with Crippen molar-refractivity contribution in [2.45, 2.75) is 39.3 Å². The molecule has 0 rings (SSSR count). The molecule has 0 aliphatic heterocycles. The zero-order valence-corrected chi connectivity index (χ0v) is 12.2. The Bertz CT molecular complexity index is 167. The van der Waals surface area contributed by atoms with Gasteiger partial charge in [-0.05, 0) is 33.4 Å². The lowest BCUT2D eigenvalue weighted by atomic mass is 10.2. The second kappa shape index (κ2) is 11.0. The van der Waals surface area contributed by atoms with Gasteiger partial charge in [0.25, 0.3) is 0 Å². The van der Waals surface area contributed by atoms with Crippen molar-refractivity contribution in [3.8, 4) is 0 Å². The maximum absolute atomic E-state index is 5.22. The van der Waals surface area contributed by atoms with Crippen LogP contribution in [0.25, 0.3) is 0 Å². The van der Waals surface area contributed by atoms with E-state index in [2.05, 4.69) is 31.0 Å². The predicted octanol–water partition coefficient (Wildman–Crippen LogP) is 1.36. The topological polar surface area (TPSA) is 33.7 Å². The van der Waals surface area contributed by atoms with Crippen LogP contribution in [0.3, 0.4) is 0 Å². The lowest BCUT2D eigenvalue weighted by Crippen LogP contribution is -2.46. The van der Waals surface area contributed by atoms with Gasteiger partial charge in [0.1, 0.15) is 0 Å². The Balaban J connectivity index is 3.79. The maximum Gasteiger partial charge on any atom is 0.0615 e. The molecular formula is C13H30N2O2. The number of likely N-dealkylation sites (N-methyl/N-ethyl adjacent to an activating group) is 1. The zero-order valence-electron chi connectivity index (χ0n) is 12.2. The van der Waals surface area contributed by atoms with Crippen LogP contribution >= 0.6 is 0 Å². The van der Waals surface area contributed by atoms with Gasteiger partial charge in [-0.1, -0.05) is 6.92 Å². The lowest BCUT2D eigenvalue weighted by molar-refractivity contribution is 0.0779. The highest BCUT2D eigenvalue weighted by atomic mass is 16.5. The Morgan fingerprint density at radius 1 is 1.12 bits per heavy atom. The first kappa shape index (κ1) is 16.8. The molecule has 0 amide bonds. The van der Waals surface area contributed by atoms with Crippen LogP contribution in [-0.4, -0.2) is 64.1 Å². The van der Waals surface area contributed by atoms with E-state index >= 15 is 0 Å². The summed E-state index contributed by atoms with van der Waals surface area (Å²) in [5.41, 5.74) is 0. The summed E-state index contributed by atoms with van der Waals surface area (Å²) in [5, 5.41) is 3.47. The molecule has 0 radical (unpaired) electrons. The van der Waals surface area contributed by atoms with E-state index in [1.165, 1.54) is 0 Å². The van der Waals surface area contributed by atoms with E-state index < -0.39 is 0 Å². The van der Waals surface area contributed by atoms with Gasteiger partial charge in [-0.25, -0.2) is 0 Å². The summed E-state index contributed by atoms with van der Waals surface area (Å²) in [6.45, 7) is 11.4. The summed E-state index contributed by atoms with van der Waals surface area (Å²) >= 11 is 0. The lowest BCUT2D eigenvalue weighted by Gasteiger charge is -2.33. The summed E-state index contributed by atoms with van der Waals surface area (Å²) in [7, 11) is 3.51. The SMILES string of the molecule is CCN(C(C)CNCCCOC)C(C)COC. The highest BCUT2D eigenvalue weighted by molar-refractivity contribution is 4.74. The van der Waals surface area contributed by atoms with Gasteiger partial charge >= 0.3 is 0 Å². The quantitative estimate of drug-likeness (QED) is 0.558. The van der Waals surface area contributed by atoms with Crippen molar-refractivity contribution in [1.29, 1.82) is 0 Å². The summed E-state index contributed by atoms with van der Waals surface area (Å²) in [6, 6.07) is 1.01. The largest absolute Gasteiger partial charge is 0.385 e. The fourth-order valence-electron chi connectivity index (χ4n) is 2.16. The average Bonchev–Trinajstić information content (AvgIpc) is 2.30. The Labute approximate surface area is 107 Å². The van der Waals surface area contributed by atoms with E-state index in [4.69, 9.17) is 9.47 Å². The Morgan fingerprint density at radius 2 is 1.82 bits per heavy atom. The van der Waals surface area contributed by atoms with Crippen LogP contribution in [0.15, 0.2) is 0 Å². The average molecular weight is 246 g/mol. The van der Waals surface area contributed by atoms with Gasteiger partial charge in [0, 0.05) is 39.5 Å². The molecule has 0 aromatic heterocycles. The second-order valence-electron chi connectivity index (χ2n) is 4.53. The van der Waals surface area contributed by atoms with Crippen molar-refractivity contribution < 1.29 is 9.47 Å². The van der Waals surface area contributed by atoms with E-state index in [-0.39, 0.29) is 0 Å². The molecule has 1 N–H and O–H groups in total. The fraction of sp³-hybridized carbons (Fsp3) is 1.00. The molecule has 0 heterocycles. The van der Waals surface area contributed by atoms with Crippen molar-refractivity contribution in [2.24, 2.45) is 0 Å². The number of hydrogen-bond donors (Lipinski definition) is 1. The van der Waals surface area contributed by atoms with Crippen LogP contribution in [0.1, 0.15) is 27.2 Å². The highest BCUT2D eigenvalue weighted by Crippen LogP contribution is 2.05. The maximum atomic E-state index is 5.22. The number of ether oxygens (including phenoxy) is 2. The Morgan fingerprint density at radius 3 is 2.35 bits per heavy atom. The molecule has 0 aromatic rings. The molecule has 104 valence electrons. The van der Waals surface area contributed by atoms with Gasteiger partial charge in [-0.15, -0.1) is 0 Å². The third-order valence-corrected chi connectivity index (χ3v) is 3.05. The first-order valence-electron chi connectivity index (χ1n) is 6.61. The molecular weight excluding hydrogens is 216 g/mol. The molecule has 0 aliphatic carbocycles. The fourth-order valence-corrected chi connectivity index (χ4v) is 2.16. The highest BCUT2D eigenvalue weighted by Gasteiger charge is 2.17. The summed E-state index contributed by atoms with van der Waals surface area (Å²) < 4.78 is 10.2. The molecule has 4 nitrogen and oxygen atoms in total. The number of rotatable bonds is 11. The van der Waals surface area contributed by atoms with Crippen molar-refractivity contribution >= 4 is 0 Å². The molecule has 0 spiro atoms. The van der Waals surface area contributed by atoms with E-state index in [1.54, 1.807) is 14.2 Å². The van der Waals surface area contributed by atoms with Crippen LogP contribution < -0.4 is 5.32 Å². The van der Waals surface area contributed by atoms with E-state index in [0.29, 0.717) is 12.1 Å². The smallest absolute Gasteiger partial charge is 0.0615 e.